The SMILES string of the molecule is COc1c(N2CC3[C@@H](CCCN3C(=O)OCc3ccc(NC(=O)[C@H](CCCNC(N)=O)NC(=O)[C@@H](NC(=O)CCCCCN4C(=O)C=CC4=O)C(C)C)cc3)C2)c(F)cc2c(=O)c(C(=O)O)cn(C3CC3)c12. The number of urea groups is 1. The van der Waals surface area contributed by atoms with Crippen LogP contribution in [0.4, 0.5) is 25.4 Å². The number of carbonyl (C=O) groups excluding carboxylic acids is 7. The number of nitrogens with zero attached hydrogens (tertiary/aromatic N) is 4. The number of carbonyl (C=O) groups is 8. The fraction of sp³-hybridized carbons (Fsp3) is 0.500. The highest BCUT2D eigenvalue weighted by Gasteiger charge is 2.44. The number of aromatic nitrogens is 1. The van der Waals surface area contributed by atoms with Crippen LogP contribution in [0.2, 0.25) is 0 Å². The molecule has 7 N–H and O–H groups in total. The maximum absolute atomic E-state index is 16.2. The minimum atomic E-state index is -1.40. The van der Waals surface area contributed by atoms with Crippen molar-refractivity contribution in [2.75, 3.05) is 50.1 Å². The molecule has 1 saturated carbocycles. The van der Waals surface area contributed by atoms with Gasteiger partial charge in [-0.3, -0.25) is 33.7 Å². The molecule has 3 aliphatic heterocycles. The molecule has 3 aromatic rings. The number of likely N-dealkylation sites (tertiary alicyclic amines) is 1. The van der Waals surface area contributed by atoms with E-state index in [-0.39, 0.29) is 104 Å². The monoisotopic (exact) mass is 999 g/mol. The van der Waals surface area contributed by atoms with Gasteiger partial charge < -0.3 is 55.9 Å². The lowest BCUT2D eigenvalue weighted by Crippen LogP contribution is -2.54. The van der Waals surface area contributed by atoms with Crippen LogP contribution >= 0.6 is 0 Å². The number of carboxylic acids is 1. The lowest BCUT2D eigenvalue weighted by molar-refractivity contribution is -0.137. The molecule has 386 valence electrons. The molecule has 21 nitrogen and oxygen atoms in total. The number of hydrogen-bond acceptors (Lipinski definition) is 12. The van der Waals surface area contributed by atoms with E-state index >= 15 is 4.39 Å². The van der Waals surface area contributed by atoms with Crippen molar-refractivity contribution in [3.63, 3.8) is 0 Å². The van der Waals surface area contributed by atoms with Crippen molar-refractivity contribution in [2.24, 2.45) is 17.6 Å². The second-order valence-electron chi connectivity index (χ2n) is 19.0. The first-order valence-corrected chi connectivity index (χ1v) is 24.4. The predicted molar refractivity (Wildman–Crippen MR) is 260 cm³/mol. The van der Waals surface area contributed by atoms with Crippen molar-refractivity contribution in [2.45, 2.75) is 109 Å². The standard InChI is InChI=1S/C50H62FN9O12/c1-28(2)41(56-38(61)11-5-4-6-21-59-39(62)18-19-40(59)63)47(66)55-36(10-7-20-53-49(52)69)46(65)54-31-14-12-29(13-15-31)27-72-50(70)58-22-8-9-30-24-57(26-37(30)58)43-35(51)23-33-42(45(43)71-3)60(32-16-17-32)25-34(44(33)64)48(67)68/h12-15,18-19,23,25,28,30,32,36-37,41H,4-11,16-17,20-22,24,26-27H2,1-3H3,(H,54,65)(H,55,66)(H,56,61)(H,67,68)(H3,52,53,69)/t30-,36-,37?,41-/m0/s1. The van der Waals surface area contributed by atoms with Gasteiger partial charge in [0.05, 0.1) is 24.1 Å². The van der Waals surface area contributed by atoms with E-state index in [0.717, 1.165) is 30.2 Å². The number of methoxy groups -OCH3 is 1. The Labute approximate surface area is 414 Å². The number of imide groups is 1. The third kappa shape index (κ3) is 12.3. The van der Waals surface area contributed by atoms with Gasteiger partial charge in [-0.15, -0.1) is 0 Å². The summed E-state index contributed by atoms with van der Waals surface area (Å²) >= 11 is 0. The molecule has 4 aliphatic rings. The average Bonchev–Trinajstić information content (AvgIpc) is 4.02. The second-order valence-corrected chi connectivity index (χ2v) is 19.0. The Kier molecular flexibility index (Phi) is 16.8. The normalized spacial score (nSPS) is 18.2. The first-order chi connectivity index (χ1) is 34.4. The van der Waals surface area contributed by atoms with Crippen molar-refractivity contribution in [3.05, 3.63) is 75.8 Å². The van der Waals surface area contributed by atoms with E-state index in [2.05, 4.69) is 21.3 Å². The first kappa shape index (κ1) is 52.3. The molecule has 0 spiro atoms. The first-order valence-electron chi connectivity index (χ1n) is 24.4. The lowest BCUT2D eigenvalue weighted by Gasteiger charge is -2.35. The van der Waals surface area contributed by atoms with E-state index in [1.165, 1.54) is 25.5 Å². The number of fused-ring (bicyclic) bond motifs is 2. The molecular weight excluding hydrogens is 938 g/mol. The Balaban J connectivity index is 0.938. The number of hydrogen-bond donors (Lipinski definition) is 6. The zero-order valence-electron chi connectivity index (χ0n) is 40.6. The highest BCUT2D eigenvalue weighted by atomic mass is 19.1. The predicted octanol–water partition coefficient (Wildman–Crippen LogP) is 3.92. The Bertz CT molecular complexity index is 2670. The quantitative estimate of drug-likeness (QED) is 0.0616. The largest absolute Gasteiger partial charge is 0.492 e. The summed E-state index contributed by atoms with van der Waals surface area (Å²) in [7, 11) is 1.39. The van der Waals surface area contributed by atoms with Crippen molar-refractivity contribution >= 4 is 69.9 Å². The van der Waals surface area contributed by atoms with Crippen LogP contribution in [-0.2, 0) is 35.3 Å². The van der Waals surface area contributed by atoms with Crippen LogP contribution in [0, 0.1) is 17.7 Å². The molecule has 4 heterocycles. The highest BCUT2D eigenvalue weighted by Crippen LogP contribution is 2.45. The van der Waals surface area contributed by atoms with E-state index in [1.807, 2.05) is 4.90 Å². The van der Waals surface area contributed by atoms with Gasteiger partial charge in [-0.1, -0.05) is 32.4 Å². The summed E-state index contributed by atoms with van der Waals surface area (Å²) in [5, 5.41) is 20.4. The number of pyridine rings is 1. The number of halogens is 1. The van der Waals surface area contributed by atoms with Crippen molar-refractivity contribution in [3.8, 4) is 5.75 Å². The topological polar surface area (TPSA) is 281 Å². The molecule has 72 heavy (non-hydrogen) atoms. The van der Waals surface area contributed by atoms with Crippen molar-refractivity contribution in [1.82, 2.24) is 30.3 Å². The van der Waals surface area contributed by atoms with Crippen LogP contribution in [0.1, 0.15) is 100 Å². The summed E-state index contributed by atoms with van der Waals surface area (Å²) in [6.07, 6.45) is 8.24. The van der Waals surface area contributed by atoms with Crippen LogP contribution in [0.5, 0.6) is 5.75 Å². The van der Waals surface area contributed by atoms with Crippen LogP contribution in [0.25, 0.3) is 10.9 Å². The number of amides is 8. The molecule has 0 radical (unpaired) electrons. The summed E-state index contributed by atoms with van der Waals surface area (Å²) in [6, 6.07) is 4.49. The molecule has 8 amide bonds. The number of piperidine rings is 1. The minimum absolute atomic E-state index is 0.0222. The van der Waals surface area contributed by atoms with Gasteiger partial charge in [0.15, 0.2) is 11.6 Å². The van der Waals surface area contributed by atoms with Crippen LogP contribution in [-0.4, -0.2) is 125 Å². The smallest absolute Gasteiger partial charge is 0.410 e. The van der Waals surface area contributed by atoms with Gasteiger partial charge in [-0.05, 0) is 87.0 Å². The summed E-state index contributed by atoms with van der Waals surface area (Å²) in [5.41, 5.74) is 5.44. The number of aromatic carboxylic acids is 1. The molecule has 1 aromatic heterocycles. The molecule has 3 fully saturated rings. The molecule has 2 saturated heterocycles. The molecule has 0 bridgehead atoms. The number of anilines is 2. The maximum atomic E-state index is 16.2. The van der Waals surface area contributed by atoms with Crippen LogP contribution in [0.15, 0.2) is 53.5 Å². The maximum Gasteiger partial charge on any atom is 0.410 e. The molecule has 7 rings (SSSR count). The lowest BCUT2D eigenvalue weighted by atomic mass is 9.92. The molecule has 1 unspecified atom stereocenters. The molecular formula is C50H62FN9O12. The van der Waals surface area contributed by atoms with E-state index in [1.54, 1.807) is 47.6 Å². The fourth-order valence-electron chi connectivity index (χ4n) is 9.67. The summed E-state index contributed by atoms with van der Waals surface area (Å²) in [4.78, 5) is 119. The average molecular weight is 1000 g/mol. The Morgan fingerprint density at radius 1 is 0.917 bits per heavy atom. The number of unbranched alkanes of at least 4 members (excludes halogenated alkanes) is 2. The van der Waals surface area contributed by atoms with E-state index in [4.69, 9.17) is 15.2 Å². The fourth-order valence-corrected chi connectivity index (χ4v) is 9.67. The number of primary amides is 1. The number of rotatable bonds is 22. The zero-order chi connectivity index (χ0) is 51.8. The Morgan fingerprint density at radius 3 is 2.29 bits per heavy atom. The summed E-state index contributed by atoms with van der Waals surface area (Å²) in [5.74, 6) is -4.62. The Hall–Kier alpha value is -7.52. The zero-order valence-corrected chi connectivity index (χ0v) is 40.6. The van der Waals surface area contributed by atoms with Gasteiger partial charge in [0.1, 0.15) is 29.9 Å². The minimum Gasteiger partial charge on any atom is -0.492 e. The summed E-state index contributed by atoms with van der Waals surface area (Å²) in [6.45, 7) is 4.88. The van der Waals surface area contributed by atoms with Gasteiger partial charge in [0, 0.05) is 69.2 Å². The third-order valence-corrected chi connectivity index (χ3v) is 13.5. The van der Waals surface area contributed by atoms with Gasteiger partial charge in [-0.25, -0.2) is 18.8 Å². The van der Waals surface area contributed by atoms with Gasteiger partial charge in [0.2, 0.25) is 23.2 Å². The van der Waals surface area contributed by atoms with Crippen LogP contribution < -0.4 is 42.1 Å². The van der Waals surface area contributed by atoms with Gasteiger partial charge in [0.25, 0.3) is 11.8 Å². The number of ether oxygens (including phenoxy) is 2. The number of carboxylic acid groups (broad SMARTS) is 1. The molecule has 22 heteroatoms. The van der Waals surface area contributed by atoms with Crippen molar-refractivity contribution in [1.29, 1.82) is 0 Å². The number of nitrogens with two attached hydrogens (primary N) is 1. The van der Waals surface area contributed by atoms with Gasteiger partial charge in [-0.2, -0.15) is 0 Å². The number of benzene rings is 2. The van der Waals surface area contributed by atoms with Crippen LogP contribution in [0.3, 0.4) is 0 Å². The molecule has 2 aromatic carbocycles. The highest BCUT2D eigenvalue weighted by molar-refractivity contribution is 6.12. The molecule has 1 aliphatic carbocycles. The third-order valence-electron chi connectivity index (χ3n) is 13.5. The Morgan fingerprint density at radius 2 is 1.64 bits per heavy atom. The molecule has 4 atom stereocenters. The van der Waals surface area contributed by atoms with Crippen molar-refractivity contribution < 1.29 is 57.3 Å². The summed E-state index contributed by atoms with van der Waals surface area (Å²) < 4.78 is 29.5. The van der Waals surface area contributed by atoms with E-state index in [0.29, 0.717) is 55.5 Å². The van der Waals surface area contributed by atoms with E-state index < -0.39 is 58.8 Å². The number of nitrogens with one attached hydrogen (secondary N) is 4. The van der Waals surface area contributed by atoms with Gasteiger partial charge >= 0.3 is 18.1 Å². The van der Waals surface area contributed by atoms with E-state index in [9.17, 15) is 48.3 Å². The second kappa shape index (κ2) is 23.1.